The minimum absolute atomic E-state index is 0.384. The molecule has 0 aliphatic rings. The van der Waals surface area contributed by atoms with Gasteiger partial charge in [0.2, 0.25) is 0 Å². The zero-order valence-electron chi connectivity index (χ0n) is 18.1. The third-order valence-electron chi connectivity index (χ3n) is 4.77. The summed E-state index contributed by atoms with van der Waals surface area (Å²) >= 11 is 0. The molecule has 152 valence electrons. The van der Waals surface area contributed by atoms with Crippen molar-refractivity contribution in [2.24, 2.45) is 17.1 Å². The first kappa shape index (κ1) is 21.7. The number of aromatic nitrogens is 1. The Kier molecular flexibility index (Phi) is 6.37. The quantitative estimate of drug-likeness (QED) is 0.730. The maximum atomic E-state index is 11.8. The number of nitrogen functional groups attached to an aromatic ring is 1. The van der Waals surface area contributed by atoms with E-state index in [9.17, 15) is 4.79 Å². The first-order valence-corrected chi connectivity index (χ1v) is 9.73. The van der Waals surface area contributed by atoms with E-state index in [4.69, 9.17) is 21.2 Å². The highest BCUT2D eigenvalue weighted by Gasteiger charge is 2.35. The normalized spacial score (nSPS) is 12.9. The van der Waals surface area contributed by atoms with Crippen molar-refractivity contribution in [2.75, 3.05) is 5.73 Å². The van der Waals surface area contributed by atoms with Gasteiger partial charge in [-0.05, 0) is 31.7 Å². The van der Waals surface area contributed by atoms with Crippen LogP contribution in [0.15, 0.2) is 24.3 Å². The summed E-state index contributed by atoms with van der Waals surface area (Å²) in [6.07, 6.45) is -0.612. The number of rotatable bonds is 5. The molecule has 2 aromatic rings. The van der Waals surface area contributed by atoms with Crippen LogP contribution in [-0.4, -0.2) is 11.1 Å². The Labute approximate surface area is 168 Å². The fraction of sp³-hybridized carbons (Fsp3) is 0.478. The molecule has 1 aromatic heterocycles. The molecule has 0 saturated heterocycles. The molecule has 5 nitrogen and oxygen atoms in total. The zero-order valence-corrected chi connectivity index (χ0v) is 18.1. The molecule has 0 bridgehead atoms. The lowest BCUT2D eigenvalue weighted by Gasteiger charge is -2.34. The molecular formula is C23H33N3O2. The zero-order chi connectivity index (χ0) is 21.2. The number of amides is 1. The van der Waals surface area contributed by atoms with Gasteiger partial charge in [0.15, 0.2) is 0 Å². The second-order valence-electron chi connectivity index (χ2n) is 8.99. The third kappa shape index (κ3) is 4.83. The summed E-state index contributed by atoms with van der Waals surface area (Å²) in [5.41, 5.74) is 17.8. The van der Waals surface area contributed by atoms with E-state index in [0.29, 0.717) is 11.6 Å². The van der Waals surface area contributed by atoms with Crippen LogP contribution in [0.3, 0.4) is 0 Å². The van der Waals surface area contributed by atoms with Crippen molar-refractivity contribution in [3.63, 3.8) is 0 Å². The van der Waals surface area contributed by atoms with Crippen molar-refractivity contribution in [2.45, 2.75) is 61.0 Å². The van der Waals surface area contributed by atoms with Gasteiger partial charge in [-0.2, -0.15) is 0 Å². The number of benzene rings is 1. The Balaban J connectivity index is 2.89. The SMILES string of the molecule is Cc1ccc(-c2c(N)c(C)nc(CC(C)C)c2C(OC(N)=O)C(C)(C)C)cc1. The Bertz CT molecular complexity index is 850. The number of hydrogen-bond donors (Lipinski definition) is 2. The summed E-state index contributed by atoms with van der Waals surface area (Å²) in [6, 6.07) is 8.20. The lowest BCUT2D eigenvalue weighted by Crippen LogP contribution is -2.29. The molecule has 0 saturated carbocycles. The van der Waals surface area contributed by atoms with Crippen molar-refractivity contribution in [1.29, 1.82) is 0 Å². The number of anilines is 1. The summed E-state index contributed by atoms with van der Waals surface area (Å²) in [5.74, 6) is 0.384. The Morgan fingerprint density at radius 2 is 1.71 bits per heavy atom. The molecule has 0 spiro atoms. The van der Waals surface area contributed by atoms with E-state index in [2.05, 4.69) is 26.0 Å². The van der Waals surface area contributed by atoms with Crippen LogP contribution in [-0.2, 0) is 11.2 Å². The van der Waals surface area contributed by atoms with Crippen LogP contribution in [0, 0.1) is 25.2 Å². The summed E-state index contributed by atoms with van der Waals surface area (Å²) in [4.78, 5) is 16.6. The first-order valence-electron chi connectivity index (χ1n) is 9.73. The number of hydrogen-bond acceptors (Lipinski definition) is 4. The Morgan fingerprint density at radius 3 is 2.18 bits per heavy atom. The van der Waals surface area contributed by atoms with Crippen molar-refractivity contribution < 1.29 is 9.53 Å². The van der Waals surface area contributed by atoms with Crippen LogP contribution in [0.1, 0.15) is 63.2 Å². The Morgan fingerprint density at radius 1 is 1.14 bits per heavy atom. The van der Waals surface area contributed by atoms with E-state index >= 15 is 0 Å². The molecule has 1 heterocycles. The van der Waals surface area contributed by atoms with Crippen LogP contribution in [0.4, 0.5) is 10.5 Å². The fourth-order valence-electron chi connectivity index (χ4n) is 3.43. The first-order chi connectivity index (χ1) is 12.9. The van der Waals surface area contributed by atoms with Crippen molar-refractivity contribution in [1.82, 2.24) is 4.98 Å². The van der Waals surface area contributed by atoms with E-state index in [-0.39, 0.29) is 5.41 Å². The van der Waals surface area contributed by atoms with Crippen molar-refractivity contribution in [3.05, 3.63) is 46.8 Å². The number of carbonyl (C=O) groups excluding carboxylic acids is 1. The number of primary amides is 1. The second-order valence-corrected chi connectivity index (χ2v) is 8.99. The van der Waals surface area contributed by atoms with Gasteiger partial charge in [-0.15, -0.1) is 0 Å². The lowest BCUT2D eigenvalue weighted by atomic mass is 9.79. The van der Waals surface area contributed by atoms with Crippen LogP contribution in [0.2, 0.25) is 0 Å². The predicted molar refractivity (Wildman–Crippen MR) is 115 cm³/mol. The molecule has 28 heavy (non-hydrogen) atoms. The average Bonchev–Trinajstić information content (AvgIpc) is 2.55. The van der Waals surface area contributed by atoms with Gasteiger partial charge >= 0.3 is 6.09 Å². The Hall–Kier alpha value is -2.56. The van der Waals surface area contributed by atoms with E-state index < -0.39 is 12.2 Å². The monoisotopic (exact) mass is 383 g/mol. The summed E-state index contributed by atoms with van der Waals surface area (Å²) in [5, 5.41) is 0. The summed E-state index contributed by atoms with van der Waals surface area (Å²) in [6.45, 7) is 14.3. The highest BCUT2D eigenvalue weighted by molar-refractivity contribution is 5.82. The van der Waals surface area contributed by atoms with Crippen LogP contribution >= 0.6 is 0 Å². The average molecular weight is 384 g/mol. The molecule has 0 aliphatic heterocycles. The molecule has 0 radical (unpaired) electrons. The molecular weight excluding hydrogens is 350 g/mol. The minimum Gasteiger partial charge on any atom is -0.441 e. The predicted octanol–water partition coefficient (Wildman–Crippen LogP) is 5.33. The number of aryl methyl sites for hydroxylation is 2. The number of nitrogens with zero attached hydrogens (tertiary/aromatic N) is 1. The maximum absolute atomic E-state index is 11.8. The molecule has 1 aromatic carbocycles. The number of carbonyl (C=O) groups is 1. The summed E-state index contributed by atoms with van der Waals surface area (Å²) < 4.78 is 5.65. The molecule has 5 heteroatoms. The minimum atomic E-state index is -0.801. The largest absolute Gasteiger partial charge is 0.441 e. The highest BCUT2D eigenvalue weighted by atomic mass is 16.6. The molecule has 0 aliphatic carbocycles. The smallest absolute Gasteiger partial charge is 0.405 e. The number of nitrogens with two attached hydrogens (primary N) is 2. The number of pyridine rings is 1. The number of ether oxygens (including phenoxy) is 1. The van der Waals surface area contributed by atoms with Gasteiger partial charge in [0, 0.05) is 22.2 Å². The van der Waals surface area contributed by atoms with Gasteiger partial charge in [-0.1, -0.05) is 64.4 Å². The van der Waals surface area contributed by atoms with E-state index in [1.165, 1.54) is 0 Å². The van der Waals surface area contributed by atoms with Gasteiger partial charge in [-0.25, -0.2) is 4.79 Å². The fourth-order valence-corrected chi connectivity index (χ4v) is 3.43. The second kappa shape index (κ2) is 8.21. The van der Waals surface area contributed by atoms with E-state index in [1.54, 1.807) is 0 Å². The van der Waals surface area contributed by atoms with Gasteiger partial charge in [0.25, 0.3) is 0 Å². The molecule has 1 unspecified atom stereocenters. The molecule has 2 rings (SSSR count). The molecule has 4 N–H and O–H groups in total. The molecule has 1 atom stereocenters. The topological polar surface area (TPSA) is 91.2 Å². The molecule has 1 amide bonds. The van der Waals surface area contributed by atoms with Gasteiger partial charge in [-0.3, -0.25) is 4.98 Å². The third-order valence-corrected chi connectivity index (χ3v) is 4.77. The van der Waals surface area contributed by atoms with Crippen molar-refractivity contribution >= 4 is 11.8 Å². The molecule has 0 fully saturated rings. The van der Waals surface area contributed by atoms with Crippen LogP contribution in [0.5, 0.6) is 0 Å². The maximum Gasteiger partial charge on any atom is 0.405 e. The van der Waals surface area contributed by atoms with Gasteiger partial charge in [0.05, 0.1) is 11.4 Å². The van der Waals surface area contributed by atoms with Crippen molar-refractivity contribution in [3.8, 4) is 11.1 Å². The summed E-state index contributed by atoms with van der Waals surface area (Å²) in [7, 11) is 0. The highest BCUT2D eigenvalue weighted by Crippen LogP contribution is 2.45. The standard InChI is InChI=1S/C23H33N3O2/c1-13(2)12-17-19(21(23(5,6)7)28-22(25)27)18(20(24)15(4)26-17)16-10-8-14(3)9-11-16/h8-11,13,21H,12,24H2,1-7H3,(H2,25,27). The van der Waals surface area contributed by atoms with Crippen LogP contribution in [0.25, 0.3) is 11.1 Å². The lowest BCUT2D eigenvalue weighted by molar-refractivity contribution is 0.0354. The van der Waals surface area contributed by atoms with Crippen LogP contribution < -0.4 is 11.5 Å². The van der Waals surface area contributed by atoms with Gasteiger partial charge < -0.3 is 16.2 Å². The van der Waals surface area contributed by atoms with E-state index in [0.717, 1.165) is 40.1 Å². The van der Waals surface area contributed by atoms with Gasteiger partial charge in [0.1, 0.15) is 6.10 Å². The van der Waals surface area contributed by atoms with E-state index in [1.807, 2.05) is 46.8 Å².